The first-order valence-corrected chi connectivity index (χ1v) is 11.9. The molecule has 0 fully saturated rings. The highest BCUT2D eigenvalue weighted by Crippen LogP contribution is 2.34. The Labute approximate surface area is 161 Å². The molecule has 6 nitrogen and oxygen atoms in total. The van der Waals surface area contributed by atoms with Crippen molar-refractivity contribution in [2.45, 2.75) is 31.8 Å². The number of carbonyl (C=O) groups excluding carboxylic acids is 1. The van der Waals surface area contributed by atoms with Crippen molar-refractivity contribution < 1.29 is 17.9 Å². The van der Waals surface area contributed by atoms with E-state index >= 15 is 0 Å². The lowest BCUT2D eigenvalue weighted by atomic mass is 10.00. The number of thioether (sulfide) groups is 1. The van der Waals surface area contributed by atoms with Crippen molar-refractivity contribution in [2.75, 3.05) is 24.4 Å². The van der Waals surface area contributed by atoms with E-state index < -0.39 is 16.1 Å². The predicted molar refractivity (Wildman–Crippen MR) is 105 cm³/mol. The standard InChI is InChI=1S/C16H23BrN2O4S2/c1-3-25(21,22)19-14(7-9-24-2)16(20)18-13-6-8-23-15-5-4-11(17)10-12(13)15/h4-5,10,13-14,19H,3,6-9H2,1-2H3,(H,18,20). The average Bonchev–Trinajstić information content (AvgIpc) is 2.59. The van der Waals surface area contributed by atoms with Crippen LogP contribution in [0.3, 0.4) is 0 Å². The maximum atomic E-state index is 12.7. The van der Waals surface area contributed by atoms with Gasteiger partial charge in [0.25, 0.3) is 0 Å². The fourth-order valence-electron chi connectivity index (χ4n) is 2.57. The zero-order valence-electron chi connectivity index (χ0n) is 14.2. The van der Waals surface area contributed by atoms with Crippen molar-refractivity contribution in [3.05, 3.63) is 28.2 Å². The Morgan fingerprint density at radius 2 is 2.24 bits per heavy atom. The smallest absolute Gasteiger partial charge is 0.238 e. The van der Waals surface area contributed by atoms with Gasteiger partial charge < -0.3 is 10.1 Å². The summed E-state index contributed by atoms with van der Waals surface area (Å²) in [5.41, 5.74) is 0.899. The van der Waals surface area contributed by atoms with Crippen LogP contribution in [0.15, 0.2) is 22.7 Å². The van der Waals surface area contributed by atoms with Gasteiger partial charge in [-0.15, -0.1) is 0 Å². The number of ether oxygens (including phenoxy) is 1. The lowest BCUT2D eigenvalue weighted by Crippen LogP contribution is -2.48. The molecular formula is C16H23BrN2O4S2. The van der Waals surface area contributed by atoms with Gasteiger partial charge in [-0.3, -0.25) is 4.79 Å². The molecule has 2 N–H and O–H groups in total. The van der Waals surface area contributed by atoms with Crippen molar-refractivity contribution in [1.82, 2.24) is 10.0 Å². The predicted octanol–water partition coefficient (Wildman–Crippen LogP) is 2.45. The molecule has 2 atom stereocenters. The lowest BCUT2D eigenvalue weighted by molar-refractivity contribution is -0.123. The molecule has 0 radical (unpaired) electrons. The first-order valence-electron chi connectivity index (χ1n) is 8.08. The molecule has 0 saturated heterocycles. The topological polar surface area (TPSA) is 84.5 Å². The lowest BCUT2D eigenvalue weighted by Gasteiger charge is -2.28. The number of carbonyl (C=O) groups is 1. The van der Waals surface area contributed by atoms with Crippen molar-refractivity contribution in [3.8, 4) is 5.75 Å². The van der Waals surface area contributed by atoms with Crippen LogP contribution in [0.2, 0.25) is 0 Å². The van der Waals surface area contributed by atoms with Crippen LogP contribution in [0.4, 0.5) is 0 Å². The Kier molecular flexibility index (Phi) is 7.60. The molecule has 1 aromatic rings. The zero-order chi connectivity index (χ0) is 18.4. The highest BCUT2D eigenvalue weighted by Gasteiger charge is 2.28. The summed E-state index contributed by atoms with van der Waals surface area (Å²) in [6.45, 7) is 2.06. The average molecular weight is 451 g/mol. The number of amides is 1. The van der Waals surface area contributed by atoms with Crippen molar-refractivity contribution in [3.63, 3.8) is 0 Å². The third kappa shape index (κ3) is 5.87. The van der Waals surface area contributed by atoms with Crippen LogP contribution in [-0.2, 0) is 14.8 Å². The summed E-state index contributed by atoms with van der Waals surface area (Å²) >= 11 is 5.01. The second kappa shape index (κ2) is 9.25. The number of nitrogens with one attached hydrogen (secondary N) is 2. The van der Waals surface area contributed by atoms with Gasteiger partial charge in [-0.1, -0.05) is 15.9 Å². The van der Waals surface area contributed by atoms with Gasteiger partial charge in [0.15, 0.2) is 0 Å². The van der Waals surface area contributed by atoms with Gasteiger partial charge >= 0.3 is 0 Å². The second-order valence-corrected chi connectivity index (χ2v) is 9.68. The van der Waals surface area contributed by atoms with Crippen LogP contribution in [0.5, 0.6) is 5.75 Å². The van der Waals surface area contributed by atoms with Crippen molar-refractivity contribution >= 4 is 43.6 Å². The summed E-state index contributed by atoms with van der Waals surface area (Å²) in [4.78, 5) is 12.7. The normalized spacial score (nSPS) is 18.1. The molecule has 9 heteroatoms. The number of hydrogen-bond acceptors (Lipinski definition) is 5. The summed E-state index contributed by atoms with van der Waals surface area (Å²) in [6, 6.07) is 4.71. The van der Waals surface area contributed by atoms with Crippen molar-refractivity contribution in [2.24, 2.45) is 0 Å². The highest BCUT2D eigenvalue weighted by atomic mass is 79.9. The quantitative estimate of drug-likeness (QED) is 0.635. The van der Waals surface area contributed by atoms with E-state index in [2.05, 4.69) is 26.0 Å². The number of rotatable bonds is 8. The molecule has 25 heavy (non-hydrogen) atoms. The minimum absolute atomic E-state index is 0.0525. The van der Waals surface area contributed by atoms with Crippen LogP contribution in [0.1, 0.15) is 31.4 Å². The van der Waals surface area contributed by atoms with E-state index in [1.54, 1.807) is 18.7 Å². The molecular weight excluding hydrogens is 428 g/mol. The zero-order valence-corrected chi connectivity index (χ0v) is 17.5. The minimum Gasteiger partial charge on any atom is -0.493 e. The molecule has 0 aliphatic carbocycles. The van der Waals surface area contributed by atoms with E-state index in [1.165, 1.54) is 0 Å². The van der Waals surface area contributed by atoms with Gasteiger partial charge in [-0.05, 0) is 43.6 Å². The van der Waals surface area contributed by atoms with Gasteiger partial charge in [0.1, 0.15) is 11.8 Å². The summed E-state index contributed by atoms with van der Waals surface area (Å²) in [5, 5.41) is 2.98. The molecule has 0 spiro atoms. The third-order valence-electron chi connectivity index (χ3n) is 3.96. The highest BCUT2D eigenvalue weighted by molar-refractivity contribution is 9.10. The number of halogens is 1. The number of fused-ring (bicyclic) bond motifs is 1. The van der Waals surface area contributed by atoms with Gasteiger partial charge in [-0.2, -0.15) is 11.8 Å². The Hall–Kier alpha value is -0.770. The van der Waals surface area contributed by atoms with Gasteiger partial charge in [0, 0.05) is 16.5 Å². The van der Waals surface area contributed by atoms with E-state index in [0.717, 1.165) is 15.8 Å². The maximum Gasteiger partial charge on any atom is 0.238 e. The van der Waals surface area contributed by atoms with Crippen LogP contribution in [0.25, 0.3) is 0 Å². The monoisotopic (exact) mass is 450 g/mol. The van der Waals surface area contributed by atoms with Gasteiger partial charge in [0.2, 0.25) is 15.9 Å². The van der Waals surface area contributed by atoms with E-state index in [-0.39, 0.29) is 17.7 Å². The number of hydrogen-bond donors (Lipinski definition) is 2. The number of benzene rings is 1. The number of sulfonamides is 1. The SMILES string of the molecule is CCS(=O)(=O)NC(CCSC)C(=O)NC1CCOc2ccc(Br)cc21. The fraction of sp³-hybridized carbons (Fsp3) is 0.562. The van der Waals surface area contributed by atoms with E-state index in [1.807, 2.05) is 24.5 Å². The molecule has 1 amide bonds. The molecule has 2 unspecified atom stereocenters. The minimum atomic E-state index is -3.45. The van der Waals surface area contributed by atoms with Crippen LogP contribution in [0, 0.1) is 0 Å². The molecule has 1 aliphatic heterocycles. The Morgan fingerprint density at radius 1 is 1.48 bits per heavy atom. The fourth-order valence-corrected chi connectivity index (χ4v) is 4.24. The molecule has 1 aromatic carbocycles. The molecule has 1 heterocycles. The maximum absolute atomic E-state index is 12.7. The van der Waals surface area contributed by atoms with E-state index in [4.69, 9.17) is 4.74 Å². The van der Waals surface area contributed by atoms with E-state index in [9.17, 15) is 13.2 Å². The Morgan fingerprint density at radius 3 is 2.92 bits per heavy atom. The largest absolute Gasteiger partial charge is 0.493 e. The first kappa shape index (κ1) is 20.5. The molecule has 0 bridgehead atoms. The van der Waals surface area contributed by atoms with Crippen LogP contribution >= 0.6 is 27.7 Å². The molecule has 0 aromatic heterocycles. The summed E-state index contributed by atoms with van der Waals surface area (Å²) in [5.74, 6) is 1.09. The molecule has 0 saturated carbocycles. The third-order valence-corrected chi connectivity index (χ3v) is 6.50. The first-order chi connectivity index (χ1) is 11.9. The van der Waals surface area contributed by atoms with Crippen molar-refractivity contribution in [1.29, 1.82) is 0 Å². The summed E-state index contributed by atoms with van der Waals surface area (Å²) < 4.78 is 32.8. The van der Waals surface area contributed by atoms with Gasteiger partial charge in [-0.25, -0.2) is 13.1 Å². The second-order valence-electron chi connectivity index (χ2n) is 5.74. The van der Waals surface area contributed by atoms with E-state index in [0.29, 0.717) is 25.2 Å². The summed E-state index contributed by atoms with van der Waals surface area (Å²) in [7, 11) is -3.45. The Bertz CT molecular complexity index is 712. The van der Waals surface area contributed by atoms with Gasteiger partial charge in [0.05, 0.1) is 18.4 Å². The summed E-state index contributed by atoms with van der Waals surface area (Å²) in [6.07, 6.45) is 3.02. The Balaban J connectivity index is 2.14. The van der Waals surface area contributed by atoms with Crippen LogP contribution < -0.4 is 14.8 Å². The molecule has 1 aliphatic rings. The van der Waals surface area contributed by atoms with Crippen LogP contribution in [-0.4, -0.2) is 44.7 Å². The molecule has 140 valence electrons. The molecule has 2 rings (SSSR count).